The zero-order valence-corrected chi connectivity index (χ0v) is 12.4. The van der Waals surface area contributed by atoms with Crippen molar-refractivity contribution >= 4 is 17.5 Å². The number of hydrogen-bond donors (Lipinski definition) is 1. The average molecular weight is 291 g/mol. The molecule has 0 radical (unpaired) electrons. The predicted octanol–water partition coefficient (Wildman–Crippen LogP) is 4.87. The fourth-order valence-electron chi connectivity index (χ4n) is 3.06. The number of halogens is 1. The molecular formula is C16H19ClN2O. The van der Waals surface area contributed by atoms with E-state index < -0.39 is 0 Å². The van der Waals surface area contributed by atoms with Crippen LogP contribution < -0.4 is 5.73 Å². The van der Waals surface area contributed by atoms with Crippen LogP contribution in [0.4, 0.5) is 5.88 Å². The summed E-state index contributed by atoms with van der Waals surface area (Å²) in [7, 11) is 0. The molecule has 4 heteroatoms. The van der Waals surface area contributed by atoms with E-state index in [4.69, 9.17) is 21.9 Å². The van der Waals surface area contributed by atoms with Crippen molar-refractivity contribution in [3.63, 3.8) is 0 Å². The van der Waals surface area contributed by atoms with Crippen molar-refractivity contribution in [1.29, 1.82) is 0 Å². The van der Waals surface area contributed by atoms with Crippen LogP contribution in [0, 0.1) is 5.92 Å². The van der Waals surface area contributed by atoms with E-state index in [1.54, 1.807) is 0 Å². The Hall–Kier alpha value is -1.48. The molecule has 1 aromatic heterocycles. The summed E-state index contributed by atoms with van der Waals surface area (Å²) in [5, 5.41) is 4.93. The lowest BCUT2D eigenvalue weighted by Crippen LogP contribution is -2.11. The Kier molecular flexibility index (Phi) is 3.70. The molecule has 2 N–H and O–H groups in total. The number of nitrogen functional groups attached to an aromatic ring is 1. The second kappa shape index (κ2) is 5.49. The van der Waals surface area contributed by atoms with E-state index in [9.17, 15) is 0 Å². The zero-order chi connectivity index (χ0) is 14.1. The second-order valence-corrected chi connectivity index (χ2v) is 6.21. The molecule has 1 fully saturated rings. The van der Waals surface area contributed by atoms with E-state index >= 15 is 0 Å². The maximum absolute atomic E-state index is 6.08. The van der Waals surface area contributed by atoms with Gasteiger partial charge in [0.2, 0.25) is 5.88 Å². The highest BCUT2D eigenvalue weighted by molar-refractivity contribution is 6.30. The van der Waals surface area contributed by atoms with E-state index in [-0.39, 0.29) is 0 Å². The van der Waals surface area contributed by atoms with Crippen molar-refractivity contribution in [1.82, 2.24) is 5.16 Å². The molecule has 1 aliphatic rings. The highest BCUT2D eigenvalue weighted by Crippen LogP contribution is 2.41. The summed E-state index contributed by atoms with van der Waals surface area (Å²) in [6, 6.07) is 7.71. The van der Waals surface area contributed by atoms with E-state index in [0.29, 0.717) is 16.8 Å². The highest BCUT2D eigenvalue weighted by atomic mass is 35.5. The largest absolute Gasteiger partial charge is 0.367 e. The Morgan fingerprint density at radius 2 is 2.00 bits per heavy atom. The fourth-order valence-corrected chi connectivity index (χ4v) is 3.25. The van der Waals surface area contributed by atoms with Gasteiger partial charge in [0.25, 0.3) is 0 Å². The first-order valence-electron chi connectivity index (χ1n) is 7.16. The van der Waals surface area contributed by atoms with Gasteiger partial charge >= 0.3 is 0 Å². The Morgan fingerprint density at radius 1 is 1.25 bits per heavy atom. The summed E-state index contributed by atoms with van der Waals surface area (Å²) in [5.74, 6) is 1.65. The van der Waals surface area contributed by atoms with Gasteiger partial charge in [-0.1, -0.05) is 48.7 Å². The molecule has 0 atom stereocenters. The first-order chi connectivity index (χ1) is 9.65. The van der Waals surface area contributed by atoms with Crippen molar-refractivity contribution in [2.45, 2.75) is 38.5 Å². The lowest BCUT2D eigenvalue weighted by Gasteiger charge is -2.25. The minimum atomic E-state index is 0.390. The number of hydrogen-bond acceptors (Lipinski definition) is 3. The molecule has 0 spiro atoms. The van der Waals surface area contributed by atoms with E-state index in [2.05, 4.69) is 12.1 Å². The number of anilines is 1. The third-order valence-electron chi connectivity index (χ3n) is 4.26. The predicted molar refractivity (Wildman–Crippen MR) is 81.7 cm³/mol. The summed E-state index contributed by atoms with van der Waals surface area (Å²) in [5.41, 5.74) is 8.90. The third kappa shape index (κ3) is 2.55. The summed E-state index contributed by atoms with van der Waals surface area (Å²) in [4.78, 5) is 0. The zero-order valence-electron chi connectivity index (χ0n) is 11.6. The van der Waals surface area contributed by atoms with Gasteiger partial charge in [-0.25, -0.2) is 0 Å². The monoisotopic (exact) mass is 290 g/mol. The normalized spacial score (nSPS) is 22.9. The minimum Gasteiger partial charge on any atom is -0.367 e. The van der Waals surface area contributed by atoms with E-state index in [1.165, 1.54) is 12.8 Å². The lowest BCUT2D eigenvalue weighted by molar-refractivity contribution is 0.331. The summed E-state index contributed by atoms with van der Waals surface area (Å²) >= 11 is 6.08. The van der Waals surface area contributed by atoms with Crippen molar-refractivity contribution in [2.75, 3.05) is 5.73 Å². The quantitative estimate of drug-likeness (QED) is 0.858. The van der Waals surface area contributed by atoms with Gasteiger partial charge in [0.15, 0.2) is 0 Å². The Bertz CT molecular complexity index is 600. The molecule has 1 saturated carbocycles. The molecule has 0 amide bonds. The summed E-state index contributed by atoms with van der Waals surface area (Å²) in [6.07, 6.45) is 4.79. The second-order valence-electron chi connectivity index (χ2n) is 5.77. The lowest BCUT2D eigenvalue weighted by atomic mass is 9.80. The van der Waals surface area contributed by atoms with Crippen molar-refractivity contribution in [2.24, 2.45) is 5.92 Å². The van der Waals surface area contributed by atoms with Crippen LogP contribution in [0.3, 0.4) is 0 Å². The van der Waals surface area contributed by atoms with Crippen LogP contribution in [-0.2, 0) is 0 Å². The first-order valence-corrected chi connectivity index (χ1v) is 7.54. The first kappa shape index (κ1) is 13.5. The smallest absolute Gasteiger partial charge is 0.230 e. The topological polar surface area (TPSA) is 52.0 Å². The Labute approximate surface area is 124 Å². The number of aromatic nitrogens is 1. The molecule has 1 aromatic carbocycles. The van der Waals surface area contributed by atoms with Gasteiger partial charge in [-0.3, -0.25) is 0 Å². The molecule has 3 nitrogen and oxygen atoms in total. The van der Waals surface area contributed by atoms with Gasteiger partial charge < -0.3 is 10.3 Å². The molecule has 0 unspecified atom stereocenters. The van der Waals surface area contributed by atoms with Crippen LogP contribution in [0.25, 0.3) is 11.1 Å². The van der Waals surface area contributed by atoms with Crippen LogP contribution in [0.1, 0.15) is 44.2 Å². The Balaban J connectivity index is 1.97. The minimum absolute atomic E-state index is 0.390. The highest BCUT2D eigenvalue weighted by Gasteiger charge is 2.27. The van der Waals surface area contributed by atoms with Gasteiger partial charge in [-0.2, -0.15) is 0 Å². The van der Waals surface area contributed by atoms with Gasteiger partial charge in [0.1, 0.15) is 0 Å². The molecule has 1 aliphatic carbocycles. The van der Waals surface area contributed by atoms with Crippen LogP contribution in [0.5, 0.6) is 0 Å². The maximum atomic E-state index is 6.08. The average Bonchev–Trinajstić information content (AvgIpc) is 2.81. The SMILES string of the molecule is CC1CCC(c2noc(N)c2-c2cccc(Cl)c2)CC1. The van der Waals surface area contributed by atoms with Crippen LogP contribution >= 0.6 is 11.6 Å². The number of benzene rings is 1. The Morgan fingerprint density at radius 3 is 2.70 bits per heavy atom. The molecule has 3 rings (SSSR count). The molecular weight excluding hydrogens is 272 g/mol. The standard InChI is InChI=1S/C16H19ClN2O/c1-10-5-7-11(8-6-10)15-14(16(18)20-19-15)12-3-2-4-13(17)9-12/h2-4,9-11H,5-8,18H2,1H3. The number of nitrogens with two attached hydrogens (primary N) is 1. The molecule has 2 aromatic rings. The van der Waals surface area contributed by atoms with Gasteiger partial charge in [-0.15, -0.1) is 0 Å². The molecule has 1 heterocycles. The fraction of sp³-hybridized carbons (Fsp3) is 0.438. The van der Waals surface area contributed by atoms with Crippen LogP contribution in [0.15, 0.2) is 28.8 Å². The van der Waals surface area contributed by atoms with Crippen molar-refractivity contribution in [3.05, 3.63) is 35.0 Å². The maximum Gasteiger partial charge on any atom is 0.230 e. The molecule has 20 heavy (non-hydrogen) atoms. The van der Waals surface area contributed by atoms with Gasteiger partial charge in [0.05, 0.1) is 11.3 Å². The summed E-state index contributed by atoms with van der Waals surface area (Å²) < 4.78 is 5.25. The van der Waals surface area contributed by atoms with Crippen molar-refractivity contribution < 1.29 is 4.52 Å². The molecule has 0 saturated heterocycles. The van der Waals surface area contributed by atoms with Crippen LogP contribution in [-0.4, -0.2) is 5.16 Å². The summed E-state index contributed by atoms with van der Waals surface area (Å²) in [6.45, 7) is 2.31. The molecule has 0 bridgehead atoms. The third-order valence-corrected chi connectivity index (χ3v) is 4.50. The van der Waals surface area contributed by atoms with E-state index in [1.807, 2.05) is 24.3 Å². The van der Waals surface area contributed by atoms with Crippen molar-refractivity contribution in [3.8, 4) is 11.1 Å². The van der Waals surface area contributed by atoms with Gasteiger partial charge in [-0.05, 0) is 36.5 Å². The van der Waals surface area contributed by atoms with Crippen LogP contribution in [0.2, 0.25) is 5.02 Å². The van der Waals surface area contributed by atoms with E-state index in [0.717, 1.165) is 35.6 Å². The number of rotatable bonds is 2. The number of nitrogens with zero attached hydrogens (tertiary/aromatic N) is 1. The molecule has 106 valence electrons. The van der Waals surface area contributed by atoms with Gasteiger partial charge in [0, 0.05) is 10.9 Å². The molecule has 0 aliphatic heterocycles.